The molecular weight excluding hydrogens is 287 g/mol. The zero-order valence-electron chi connectivity index (χ0n) is 10.6. The third-order valence-electron chi connectivity index (χ3n) is 3.03. The van der Waals surface area contributed by atoms with Crippen molar-refractivity contribution in [3.8, 4) is 0 Å². The zero-order chi connectivity index (χ0) is 12.8. The zero-order valence-corrected chi connectivity index (χ0v) is 12.1. The van der Waals surface area contributed by atoms with Gasteiger partial charge in [0.1, 0.15) is 13.1 Å². The molecule has 6 heteroatoms. The summed E-state index contributed by atoms with van der Waals surface area (Å²) < 4.78 is 5.28. The second-order valence-electron chi connectivity index (χ2n) is 4.42. The molecule has 106 valence electrons. The predicted molar refractivity (Wildman–Crippen MR) is 71.1 cm³/mol. The van der Waals surface area contributed by atoms with Gasteiger partial charge in [-0.15, -0.1) is 0 Å². The average molecular weight is 305 g/mol. The van der Waals surface area contributed by atoms with Crippen molar-refractivity contribution in [2.75, 3.05) is 38.2 Å². The van der Waals surface area contributed by atoms with Crippen molar-refractivity contribution >= 4 is 23.2 Å². The van der Waals surface area contributed by atoms with Crippen molar-refractivity contribution < 1.29 is 26.8 Å². The van der Waals surface area contributed by atoms with Crippen LogP contribution in [0.4, 0.5) is 5.69 Å². The third-order valence-corrected chi connectivity index (χ3v) is 3.29. The summed E-state index contributed by atoms with van der Waals surface area (Å²) in [6, 6.07) is 7.15. The molecule has 0 aliphatic carbocycles. The average Bonchev–Trinajstić information content (AvgIpc) is 2.40. The van der Waals surface area contributed by atoms with E-state index in [1.165, 1.54) is 4.90 Å². The largest absolute Gasteiger partial charge is 1.00 e. The maximum absolute atomic E-state index is 11.8. The van der Waals surface area contributed by atoms with E-state index in [1.54, 1.807) is 12.1 Å². The molecule has 1 saturated heterocycles. The number of hydrogen-bond acceptors (Lipinski definition) is 2. The molecule has 2 rings (SSSR count). The summed E-state index contributed by atoms with van der Waals surface area (Å²) in [5.41, 5.74) is 0.793. The smallest absolute Gasteiger partial charge is 0.230 e. The standard InChI is InChI=1S/C13H17ClN2O2.ClH/c14-11-1-3-12(4-2-11)15-13(17)5-6-16-7-9-18-10-8-16;/h1-4H,5-10H2,(H,15,17);1H. The Labute approximate surface area is 124 Å². The topological polar surface area (TPSA) is 42.8 Å². The number of carbonyl (C=O) groups is 1. The van der Waals surface area contributed by atoms with E-state index in [1.807, 2.05) is 12.1 Å². The summed E-state index contributed by atoms with van der Waals surface area (Å²) >= 11 is 5.78. The first kappa shape index (κ1) is 16.2. The molecule has 1 aromatic rings. The first-order chi connectivity index (χ1) is 8.74. The number of morpholine rings is 1. The van der Waals surface area contributed by atoms with Crippen LogP contribution >= 0.6 is 11.6 Å². The van der Waals surface area contributed by atoms with Crippen molar-refractivity contribution in [2.24, 2.45) is 0 Å². The van der Waals surface area contributed by atoms with Crippen LogP contribution in [0.1, 0.15) is 6.42 Å². The number of ether oxygens (including phenoxy) is 1. The van der Waals surface area contributed by atoms with Gasteiger partial charge in [0.05, 0.1) is 26.2 Å². The van der Waals surface area contributed by atoms with Crippen LogP contribution in [0.2, 0.25) is 5.02 Å². The Bertz CT molecular complexity index is 392. The highest BCUT2D eigenvalue weighted by molar-refractivity contribution is 6.30. The SMILES string of the molecule is O=C(CC[NH+]1CCOCC1)Nc1ccc(Cl)cc1.[Cl-]. The maximum Gasteiger partial charge on any atom is 0.230 e. The van der Waals surface area contributed by atoms with E-state index in [0.29, 0.717) is 11.4 Å². The highest BCUT2D eigenvalue weighted by Crippen LogP contribution is 2.13. The van der Waals surface area contributed by atoms with E-state index in [4.69, 9.17) is 16.3 Å². The van der Waals surface area contributed by atoms with Gasteiger partial charge in [0.2, 0.25) is 5.91 Å². The molecule has 1 aliphatic heterocycles. The van der Waals surface area contributed by atoms with Gasteiger partial charge in [0, 0.05) is 10.7 Å². The van der Waals surface area contributed by atoms with Crippen LogP contribution < -0.4 is 22.6 Å². The number of halogens is 2. The van der Waals surface area contributed by atoms with Gasteiger partial charge in [-0.25, -0.2) is 0 Å². The summed E-state index contributed by atoms with van der Waals surface area (Å²) in [5.74, 6) is 0.0521. The normalized spacial score (nSPS) is 15.6. The van der Waals surface area contributed by atoms with E-state index >= 15 is 0 Å². The van der Waals surface area contributed by atoms with Gasteiger partial charge < -0.3 is 27.4 Å². The number of amides is 1. The second-order valence-corrected chi connectivity index (χ2v) is 4.85. The second kappa shape index (κ2) is 8.38. The number of nitrogens with one attached hydrogen (secondary N) is 2. The molecule has 1 amide bonds. The van der Waals surface area contributed by atoms with Crippen LogP contribution in [0.15, 0.2) is 24.3 Å². The Hall–Kier alpha value is -0.810. The molecule has 1 fully saturated rings. The molecule has 1 aromatic carbocycles. The lowest BCUT2D eigenvalue weighted by Gasteiger charge is -2.23. The highest BCUT2D eigenvalue weighted by Gasteiger charge is 2.15. The molecule has 0 unspecified atom stereocenters. The van der Waals surface area contributed by atoms with Crippen molar-refractivity contribution in [1.82, 2.24) is 0 Å². The van der Waals surface area contributed by atoms with E-state index < -0.39 is 0 Å². The van der Waals surface area contributed by atoms with E-state index in [2.05, 4.69) is 5.32 Å². The van der Waals surface area contributed by atoms with Crippen molar-refractivity contribution in [1.29, 1.82) is 0 Å². The summed E-state index contributed by atoms with van der Waals surface area (Å²) in [5, 5.41) is 3.54. The highest BCUT2D eigenvalue weighted by atomic mass is 35.5. The minimum atomic E-state index is 0. The fourth-order valence-electron chi connectivity index (χ4n) is 1.96. The third kappa shape index (κ3) is 5.78. The molecule has 0 spiro atoms. The number of anilines is 1. The fourth-order valence-corrected chi connectivity index (χ4v) is 2.08. The van der Waals surface area contributed by atoms with Gasteiger partial charge in [-0.3, -0.25) is 4.79 Å². The molecule has 1 aliphatic rings. The quantitative estimate of drug-likeness (QED) is 0.651. The van der Waals surface area contributed by atoms with E-state index in [9.17, 15) is 4.79 Å². The molecule has 1 heterocycles. The molecular formula is C13H18Cl2N2O2. The predicted octanol–water partition coefficient (Wildman–Crippen LogP) is -2.41. The summed E-state index contributed by atoms with van der Waals surface area (Å²) in [6.45, 7) is 4.45. The number of hydrogen-bond donors (Lipinski definition) is 2. The van der Waals surface area contributed by atoms with Crippen LogP contribution in [0, 0.1) is 0 Å². The molecule has 2 N–H and O–H groups in total. The van der Waals surface area contributed by atoms with Crippen LogP contribution in [0.5, 0.6) is 0 Å². The molecule has 0 atom stereocenters. The number of quaternary nitrogens is 1. The molecule has 0 aromatic heterocycles. The number of benzene rings is 1. The number of rotatable bonds is 4. The Morgan fingerprint density at radius 1 is 1.26 bits per heavy atom. The number of carbonyl (C=O) groups excluding carboxylic acids is 1. The van der Waals surface area contributed by atoms with Gasteiger partial charge in [-0.2, -0.15) is 0 Å². The van der Waals surface area contributed by atoms with Gasteiger partial charge >= 0.3 is 0 Å². The molecule has 19 heavy (non-hydrogen) atoms. The summed E-state index contributed by atoms with van der Waals surface area (Å²) in [6.07, 6.45) is 0.540. The summed E-state index contributed by atoms with van der Waals surface area (Å²) in [7, 11) is 0. The first-order valence-electron chi connectivity index (χ1n) is 6.21. The molecule has 0 bridgehead atoms. The Morgan fingerprint density at radius 2 is 1.89 bits per heavy atom. The van der Waals surface area contributed by atoms with Crippen LogP contribution in [0.3, 0.4) is 0 Å². The van der Waals surface area contributed by atoms with Crippen molar-refractivity contribution in [3.05, 3.63) is 29.3 Å². The van der Waals surface area contributed by atoms with Crippen molar-refractivity contribution in [3.63, 3.8) is 0 Å². The monoisotopic (exact) mass is 304 g/mol. The lowest BCUT2D eigenvalue weighted by atomic mass is 10.3. The Balaban J connectivity index is 0.00000180. The Kier molecular flexibility index (Phi) is 7.16. The van der Waals surface area contributed by atoms with Gasteiger partial charge in [-0.05, 0) is 24.3 Å². The van der Waals surface area contributed by atoms with Gasteiger partial charge in [-0.1, -0.05) is 11.6 Å². The Morgan fingerprint density at radius 3 is 2.53 bits per heavy atom. The van der Waals surface area contributed by atoms with Gasteiger partial charge in [0.25, 0.3) is 0 Å². The van der Waals surface area contributed by atoms with Crippen LogP contribution in [-0.4, -0.2) is 38.8 Å². The summed E-state index contributed by atoms with van der Waals surface area (Å²) in [4.78, 5) is 13.2. The maximum atomic E-state index is 11.8. The van der Waals surface area contributed by atoms with Crippen LogP contribution in [0.25, 0.3) is 0 Å². The van der Waals surface area contributed by atoms with Gasteiger partial charge in [0.15, 0.2) is 0 Å². The van der Waals surface area contributed by atoms with E-state index in [-0.39, 0.29) is 18.3 Å². The minimum Gasteiger partial charge on any atom is -1.00 e. The fraction of sp³-hybridized carbons (Fsp3) is 0.462. The molecule has 4 nitrogen and oxygen atoms in total. The lowest BCUT2D eigenvalue weighted by Crippen LogP contribution is -3.14. The molecule has 0 saturated carbocycles. The minimum absolute atomic E-state index is 0. The van der Waals surface area contributed by atoms with E-state index in [0.717, 1.165) is 38.5 Å². The molecule has 0 radical (unpaired) electrons. The van der Waals surface area contributed by atoms with Crippen LogP contribution in [-0.2, 0) is 9.53 Å². The lowest BCUT2D eigenvalue weighted by molar-refractivity contribution is -0.907. The first-order valence-corrected chi connectivity index (χ1v) is 6.58. The van der Waals surface area contributed by atoms with Crippen molar-refractivity contribution in [2.45, 2.75) is 6.42 Å².